The highest BCUT2D eigenvalue weighted by Gasteiger charge is 2.09. The molecule has 5 aromatic rings. The summed E-state index contributed by atoms with van der Waals surface area (Å²) < 4.78 is 5.93. The second kappa shape index (κ2) is 10.9. The van der Waals surface area contributed by atoms with Crippen LogP contribution in [0.25, 0.3) is 33.3 Å². The topological polar surface area (TPSA) is 101 Å². The summed E-state index contributed by atoms with van der Waals surface area (Å²) in [5.74, 6) is 2.60. The average molecular weight is 513 g/mol. The Morgan fingerprint density at radius 1 is 1.05 bits per heavy atom. The summed E-state index contributed by atoms with van der Waals surface area (Å²) in [7, 11) is 0. The molecule has 4 N–H and O–H groups in total. The molecule has 0 radical (unpaired) electrons. The van der Waals surface area contributed by atoms with Gasteiger partial charge in [0.25, 0.3) is 0 Å². The number of fused-ring (bicyclic) bond motifs is 2. The second-order valence-corrected chi connectivity index (χ2v) is 9.69. The van der Waals surface area contributed by atoms with Gasteiger partial charge in [0.2, 0.25) is 0 Å². The maximum absolute atomic E-state index is 6.17. The lowest BCUT2D eigenvalue weighted by Gasteiger charge is -2.11. The number of ether oxygens (including phenoxy) is 1. The van der Waals surface area contributed by atoms with Crippen molar-refractivity contribution in [1.82, 2.24) is 15.0 Å². The van der Waals surface area contributed by atoms with Gasteiger partial charge in [-0.15, -0.1) is 0 Å². The Labute approximate surface area is 220 Å². The minimum atomic E-state index is 0.464. The Balaban J connectivity index is 1.20. The van der Waals surface area contributed by atoms with Crippen molar-refractivity contribution in [3.63, 3.8) is 0 Å². The van der Waals surface area contributed by atoms with Crippen molar-refractivity contribution in [2.75, 3.05) is 25.0 Å². The molecule has 0 aliphatic rings. The molecule has 0 aliphatic heterocycles. The van der Waals surface area contributed by atoms with Gasteiger partial charge in [-0.05, 0) is 72.6 Å². The number of aromatic nitrogens is 3. The van der Waals surface area contributed by atoms with E-state index in [2.05, 4.69) is 34.1 Å². The van der Waals surface area contributed by atoms with Gasteiger partial charge in [0, 0.05) is 46.5 Å². The molecule has 37 heavy (non-hydrogen) atoms. The van der Waals surface area contributed by atoms with Crippen molar-refractivity contribution in [2.45, 2.75) is 13.8 Å². The van der Waals surface area contributed by atoms with Crippen molar-refractivity contribution in [3.8, 4) is 17.1 Å². The first-order chi connectivity index (χ1) is 18.0. The number of pyridine rings is 1. The number of rotatable bonds is 9. The first-order valence-corrected chi connectivity index (χ1v) is 12.7. The number of H-pyrrole nitrogens is 1. The van der Waals surface area contributed by atoms with Gasteiger partial charge in [0.1, 0.15) is 24.0 Å². The minimum Gasteiger partial charge on any atom is -0.492 e. The number of nitrogens with two attached hydrogens (primary N) is 1. The van der Waals surface area contributed by atoms with Crippen LogP contribution in [0.1, 0.15) is 19.4 Å². The Morgan fingerprint density at radius 3 is 2.70 bits per heavy atom. The lowest BCUT2D eigenvalue weighted by atomic mass is 10.2. The number of amidine groups is 1. The van der Waals surface area contributed by atoms with Crippen molar-refractivity contribution in [1.29, 1.82) is 0 Å². The average Bonchev–Trinajstić information content (AvgIpc) is 3.33. The van der Waals surface area contributed by atoms with Crippen LogP contribution in [0.2, 0.25) is 5.02 Å². The molecule has 0 amide bonds. The van der Waals surface area contributed by atoms with Crippen molar-refractivity contribution in [2.24, 2.45) is 16.6 Å². The molecule has 0 saturated heterocycles. The number of aliphatic imine (C=N–C) groups is 1. The van der Waals surface area contributed by atoms with E-state index in [1.165, 1.54) is 0 Å². The number of aromatic amines is 1. The summed E-state index contributed by atoms with van der Waals surface area (Å²) in [6.07, 6.45) is 1.77. The monoisotopic (exact) mass is 512 g/mol. The quantitative estimate of drug-likeness (QED) is 0.122. The molecular formula is C29H29ClN6O. The molecule has 0 spiro atoms. The molecule has 0 fully saturated rings. The van der Waals surface area contributed by atoms with E-state index in [-0.39, 0.29) is 0 Å². The molecule has 2 aromatic heterocycles. The molecule has 7 nitrogen and oxygen atoms in total. The van der Waals surface area contributed by atoms with E-state index < -0.39 is 0 Å². The number of hydrogen-bond acceptors (Lipinski definition) is 5. The first-order valence-electron chi connectivity index (χ1n) is 12.3. The lowest BCUT2D eigenvalue weighted by Crippen LogP contribution is -2.14. The smallest absolute Gasteiger partial charge is 0.138 e. The zero-order valence-electron chi connectivity index (χ0n) is 20.8. The number of hydrogen-bond donors (Lipinski definition) is 3. The SMILES string of the molecule is CC(C)CN=C(N)c1ccc2nc(-c3ccc(OCCNc4ccnc5cc(Cl)ccc45)cc3)[nH]c2c1. The molecule has 0 aliphatic carbocycles. The van der Waals surface area contributed by atoms with Gasteiger partial charge in [-0.2, -0.15) is 0 Å². The first kappa shape index (κ1) is 24.6. The normalized spacial score (nSPS) is 11.9. The zero-order valence-corrected chi connectivity index (χ0v) is 21.6. The van der Waals surface area contributed by atoms with Gasteiger partial charge in [0.05, 0.1) is 16.6 Å². The molecule has 188 valence electrons. The van der Waals surface area contributed by atoms with Crippen LogP contribution in [0.5, 0.6) is 5.75 Å². The van der Waals surface area contributed by atoms with Crippen LogP contribution in [0.3, 0.4) is 0 Å². The number of nitrogens with zero attached hydrogens (tertiary/aromatic N) is 3. The summed E-state index contributed by atoms with van der Waals surface area (Å²) in [5.41, 5.74) is 11.7. The third kappa shape index (κ3) is 5.84. The Morgan fingerprint density at radius 2 is 1.89 bits per heavy atom. The summed E-state index contributed by atoms with van der Waals surface area (Å²) in [6.45, 7) is 6.12. The Bertz CT molecular complexity index is 1560. The highest BCUT2D eigenvalue weighted by Crippen LogP contribution is 2.25. The third-order valence-corrected chi connectivity index (χ3v) is 6.16. The van der Waals surface area contributed by atoms with Crippen LogP contribution < -0.4 is 15.8 Å². The molecule has 8 heteroatoms. The van der Waals surface area contributed by atoms with E-state index in [0.717, 1.165) is 50.3 Å². The molecule has 0 saturated carbocycles. The number of imidazole rings is 1. The fourth-order valence-electron chi connectivity index (χ4n) is 4.02. The van der Waals surface area contributed by atoms with Gasteiger partial charge in [0.15, 0.2) is 0 Å². The summed E-state index contributed by atoms with van der Waals surface area (Å²) in [4.78, 5) is 17.0. The van der Waals surface area contributed by atoms with Gasteiger partial charge < -0.3 is 20.8 Å². The molecule has 0 atom stereocenters. The zero-order chi connectivity index (χ0) is 25.8. The Kier molecular flexibility index (Phi) is 7.23. The predicted octanol–water partition coefficient (Wildman–Crippen LogP) is 6.28. The van der Waals surface area contributed by atoms with Gasteiger partial charge in [-0.3, -0.25) is 9.98 Å². The van der Waals surface area contributed by atoms with E-state index in [1.54, 1.807) is 6.20 Å². The maximum atomic E-state index is 6.17. The fraction of sp³-hybridized carbons (Fsp3) is 0.207. The number of anilines is 1. The van der Waals surface area contributed by atoms with E-state index >= 15 is 0 Å². The largest absolute Gasteiger partial charge is 0.492 e. The maximum Gasteiger partial charge on any atom is 0.138 e. The van der Waals surface area contributed by atoms with E-state index in [4.69, 9.17) is 27.1 Å². The van der Waals surface area contributed by atoms with Gasteiger partial charge in [-0.1, -0.05) is 25.4 Å². The number of halogens is 1. The molecule has 5 rings (SSSR count). The third-order valence-electron chi connectivity index (χ3n) is 5.92. The summed E-state index contributed by atoms with van der Waals surface area (Å²) in [5, 5.41) is 5.12. The van der Waals surface area contributed by atoms with Crippen molar-refractivity contribution < 1.29 is 4.74 Å². The Hall–Kier alpha value is -4.10. The molecule has 0 unspecified atom stereocenters. The number of nitrogens with one attached hydrogen (secondary N) is 2. The number of benzene rings is 3. The van der Waals surface area contributed by atoms with Crippen LogP contribution in [0.15, 0.2) is 77.9 Å². The lowest BCUT2D eigenvalue weighted by molar-refractivity contribution is 0.333. The van der Waals surface area contributed by atoms with Crippen molar-refractivity contribution in [3.05, 3.63) is 83.5 Å². The standard InChI is InChI=1S/C29H29ClN6O/c1-18(2)17-34-28(31)20-5-10-25-27(15-20)36-29(35-25)19-3-7-22(8-4-19)37-14-13-33-24-11-12-32-26-16-21(30)6-9-23(24)26/h3-12,15-16,18H,13-14,17H2,1-2H3,(H2,31,34)(H,32,33)(H,35,36). The van der Waals surface area contributed by atoms with Crippen LogP contribution in [0, 0.1) is 5.92 Å². The molecule has 2 heterocycles. The van der Waals surface area contributed by atoms with Crippen molar-refractivity contribution >= 4 is 45.1 Å². The molecule has 3 aromatic carbocycles. The van der Waals surface area contributed by atoms with Crippen LogP contribution in [-0.4, -0.2) is 40.5 Å². The summed E-state index contributed by atoms with van der Waals surface area (Å²) >= 11 is 6.08. The molecule has 0 bridgehead atoms. The van der Waals surface area contributed by atoms with Crippen LogP contribution in [0.4, 0.5) is 5.69 Å². The fourth-order valence-corrected chi connectivity index (χ4v) is 4.18. The van der Waals surface area contributed by atoms with Crippen LogP contribution in [-0.2, 0) is 0 Å². The minimum absolute atomic E-state index is 0.464. The predicted molar refractivity (Wildman–Crippen MR) is 153 cm³/mol. The van der Waals surface area contributed by atoms with E-state index in [1.807, 2.05) is 66.7 Å². The molecular weight excluding hydrogens is 484 g/mol. The van der Waals surface area contributed by atoms with Crippen LogP contribution >= 0.6 is 11.6 Å². The highest BCUT2D eigenvalue weighted by molar-refractivity contribution is 6.31. The van der Waals surface area contributed by atoms with Gasteiger partial charge >= 0.3 is 0 Å². The van der Waals surface area contributed by atoms with E-state index in [0.29, 0.717) is 36.5 Å². The second-order valence-electron chi connectivity index (χ2n) is 9.26. The van der Waals surface area contributed by atoms with E-state index in [9.17, 15) is 0 Å². The summed E-state index contributed by atoms with van der Waals surface area (Å²) in [6, 6.07) is 21.5. The highest BCUT2D eigenvalue weighted by atomic mass is 35.5. The van der Waals surface area contributed by atoms with Gasteiger partial charge in [-0.25, -0.2) is 4.98 Å².